The minimum atomic E-state index is -0.0641. The minimum Gasteiger partial charge on any atom is -0.381 e. The van der Waals surface area contributed by atoms with E-state index in [2.05, 4.69) is 15.3 Å². The first-order valence-electron chi connectivity index (χ1n) is 7.08. The molecule has 110 valence electrons. The zero-order valence-corrected chi connectivity index (χ0v) is 12.4. The summed E-state index contributed by atoms with van der Waals surface area (Å²) in [6.45, 7) is 3.18. The van der Waals surface area contributed by atoms with E-state index in [1.165, 1.54) is 11.3 Å². The number of anilines is 1. The highest BCUT2D eigenvalue weighted by Gasteiger charge is 2.42. The van der Waals surface area contributed by atoms with Crippen molar-refractivity contribution >= 4 is 32.7 Å². The number of fused-ring (bicyclic) bond motifs is 1. The van der Waals surface area contributed by atoms with E-state index < -0.39 is 0 Å². The second-order valence-electron chi connectivity index (χ2n) is 5.77. The van der Waals surface area contributed by atoms with Crippen molar-refractivity contribution in [2.24, 2.45) is 5.41 Å². The van der Waals surface area contributed by atoms with Crippen LogP contribution >= 0.6 is 11.3 Å². The molecule has 21 heavy (non-hydrogen) atoms. The number of carbonyl (C=O) groups excluding carboxylic acids is 1. The number of nitrogens with zero attached hydrogens (tertiary/aromatic N) is 3. The van der Waals surface area contributed by atoms with Gasteiger partial charge in [0.2, 0.25) is 0 Å². The monoisotopic (exact) mass is 304 g/mol. The quantitative estimate of drug-likeness (QED) is 0.878. The highest BCUT2D eigenvalue weighted by Crippen LogP contribution is 2.38. The number of urea groups is 1. The number of likely N-dealkylation sites (tertiary alicyclic amines) is 1. The van der Waals surface area contributed by atoms with Gasteiger partial charge in [-0.1, -0.05) is 11.3 Å². The van der Waals surface area contributed by atoms with Crippen LogP contribution < -0.4 is 5.32 Å². The lowest BCUT2D eigenvalue weighted by Gasteiger charge is -2.21. The first kappa shape index (κ1) is 13.0. The van der Waals surface area contributed by atoms with Crippen molar-refractivity contribution in [3.05, 3.63) is 18.5 Å². The van der Waals surface area contributed by atoms with Gasteiger partial charge in [-0.05, 0) is 18.9 Å². The molecule has 2 aliphatic heterocycles. The van der Waals surface area contributed by atoms with Crippen LogP contribution in [0.4, 0.5) is 9.93 Å². The van der Waals surface area contributed by atoms with Crippen molar-refractivity contribution < 1.29 is 9.53 Å². The first-order valence-corrected chi connectivity index (χ1v) is 7.90. The number of nitrogens with one attached hydrogen (secondary N) is 1. The van der Waals surface area contributed by atoms with Gasteiger partial charge >= 0.3 is 6.03 Å². The number of rotatable bonds is 1. The predicted octanol–water partition coefficient (Wildman–Crippen LogP) is 2.34. The van der Waals surface area contributed by atoms with Crippen molar-refractivity contribution in [2.45, 2.75) is 12.8 Å². The van der Waals surface area contributed by atoms with Gasteiger partial charge in [0.05, 0.1) is 17.5 Å². The molecule has 6 nitrogen and oxygen atoms in total. The molecule has 1 N–H and O–H groups in total. The van der Waals surface area contributed by atoms with E-state index in [4.69, 9.17) is 4.74 Å². The Kier molecular flexibility index (Phi) is 3.04. The maximum atomic E-state index is 12.4. The van der Waals surface area contributed by atoms with Crippen LogP contribution in [0.2, 0.25) is 0 Å². The summed E-state index contributed by atoms with van der Waals surface area (Å²) >= 11 is 1.47. The van der Waals surface area contributed by atoms with Gasteiger partial charge in [-0.2, -0.15) is 0 Å². The molecule has 2 fully saturated rings. The number of amides is 2. The molecule has 0 radical (unpaired) electrons. The largest absolute Gasteiger partial charge is 0.381 e. The summed E-state index contributed by atoms with van der Waals surface area (Å²) in [7, 11) is 0. The molecule has 2 aliphatic rings. The van der Waals surface area contributed by atoms with Gasteiger partial charge in [-0.3, -0.25) is 10.3 Å². The van der Waals surface area contributed by atoms with E-state index in [9.17, 15) is 4.79 Å². The van der Waals surface area contributed by atoms with Crippen molar-refractivity contribution in [1.82, 2.24) is 14.9 Å². The molecule has 1 atom stereocenters. The lowest BCUT2D eigenvalue weighted by atomic mass is 9.87. The standard InChI is InChI=1S/C14H16N4O2S/c19-13(18-5-2-14(8-18)3-6-20-9-14)17-12-16-10-7-15-4-1-11(10)21-12/h1,4,7H,2-3,5-6,8-9H2,(H,16,17,19)/t14-/m0/s1. The molecule has 0 aliphatic carbocycles. The molecule has 4 heterocycles. The zero-order chi connectivity index (χ0) is 14.3. The summed E-state index contributed by atoms with van der Waals surface area (Å²) in [5.74, 6) is 0. The summed E-state index contributed by atoms with van der Waals surface area (Å²) in [4.78, 5) is 22.7. The number of thiazole rings is 1. The van der Waals surface area contributed by atoms with Crippen LogP contribution in [0.25, 0.3) is 10.2 Å². The van der Waals surface area contributed by atoms with E-state index in [0.717, 1.165) is 49.4 Å². The molecule has 0 aromatic carbocycles. The van der Waals surface area contributed by atoms with Gasteiger partial charge in [0.25, 0.3) is 0 Å². The Morgan fingerprint density at radius 2 is 2.43 bits per heavy atom. The van der Waals surface area contributed by atoms with Crippen LogP contribution in [-0.4, -0.2) is 47.2 Å². The number of ether oxygens (including phenoxy) is 1. The number of hydrogen-bond acceptors (Lipinski definition) is 5. The Hall–Kier alpha value is -1.73. The van der Waals surface area contributed by atoms with Crippen LogP contribution in [0.15, 0.2) is 18.5 Å². The highest BCUT2D eigenvalue weighted by molar-refractivity contribution is 7.22. The average Bonchev–Trinajstić information content (AvgIpc) is 3.20. The maximum absolute atomic E-state index is 12.4. The second kappa shape index (κ2) is 4.92. The van der Waals surface area contributed by atoms with Gasteiger partial charge in [0.1, 0.15) is 5.52 Å². The van der Waals surface area contributed by atoms with Gasteiger partial charge < -0.3 is 9.64 Å². The molecule has 1 spiro atoms. The molecule has 2 aromatic heterocycles. The van der Waals surface area contributed by atoms with E-state index in [1.807, 2.05) is 11.0 Å². The van der Waals surface area contributed by atoms with E-state index in [1.54, 1.807) is 12.4 Å². The van der Waals surface area contributed by atoms with Gasteiger partial charge in [0, 0.05) is 31.3 Å². The third kappa shape index (κ3) is 2.36. The predicted molar refractivity (Wildman–Crippen MR) is 80.5 cm³/mol. The van der Waals surface area contributed by atoms with Crippen LogP contribution in [0.3, 0.4) is 0 Å². The molecular formula is C14H16N4O2S. The number of hydrogen-bond donors (Lipinski definition) is 1. The molecule has 2 saturated heterocycles. The lowest BCUT2D eigenvalue weighted by molar-refractivity contribution is 0.154. The van der Waals surface area contributed by atoms with Crippen molar-refractivity contribution in [2.75, 3.05) is 31.6 Å². The van der Waals surface area contributed by atoms with Crippen LogP contribution in [0.5, 0.6) is 0 Å². The van der Waals surface area contributed by atoms with Crippen molar-refractivity contribution in [1.29, 1.82) is 0 Å². The number of carbonyl (C=O) groups is 1. The second-order valence-corrected chi connectivity index (χ2v) is 6.80. The Balaban J connectivity index is 1.46. The molecule has 2 amide bonds. The van der Waals surface area contributed by atoms with Crippen LogP contribution in [0.1, 0.15) is 12.8 Å². The summed E-state index contributed by atoms with van der Waals surface area (Å²) < 4.78 is 6.52. The molecule has 0 saturated carbocycles. The van der Waals surface area contributed by atoms with Crippen molar-refractivity contribution in [3.63, 3.8) is 0 Å². The van der Waals surface area contributed by atoms with Crippen LogP contribution in [-0.2, 0) is 4.74 Å². The third-order valence-corrected chi connectivity index (χ3v) is 5.27. The smallest absolute Gasteiger partial charge is 0.323 e. The summed E-state index contributed by atoms with van der Waals surface area (Å²) in [5, 5.41) is 3.54. The molecule has 0 bridgehead atoms. The fourth-order valence-corrected chi connectivity index (χ4v) is 3.91. The first-order chi connectivity index (χ1) is 10.2. The highest BCUT2D eigenvalue weighted by atomic mass is 32.1. The van der Waals surface area contributed by atoms with E-state index >= 15 is 0 Å². The Bertz CT molecular complexity index is 647. The fourth-order valence-electron chi connectivity index (χ4n) is 3.08. The normalized spacial score (nSPS) is 25.0. The molecule has 4 rings (SSSR count). The van der Waals surface area contributed by atoms with Crippen LogP contribution in [0, 0.1) is 5.41 Å². The fraction of sp³-hybridized carbons (Fsp3) is 0.500. The zero-order valence-electron chi connectivity index (χ0n) is 11.5. The van der Waals surface area contributed by atoms with Crippen molar-refractivity contribution in [3.8, 4) is 0 Å². The topological polar surface area (TPSA) is 67.4 Å². The Morgan fingerprint density at radius 3 is 3.24 bits per heavy atom. The lowest BCUT2D eigenvalue weighted by Crippen LogP contribution is -2.35. The molecule has 2 aromatic rings. The summed E-state index contributed by atoms with van der Waals surface area (Å²) in [6.07, 6.45) is 5.53. The van der Waals surface area contributed by atoms with E-state index in [0.29, 0.717) is 5.13 Å². The number of pyridine rings is 1. The van der Waals surface area contributed by atoms with Gasteiger partial charge in [0.15, 0.2) is 5.13 Å². The molecule has 0 unspecified atom stereocenters. The summed E-state index contributed by atoms with van der Waals surface area (Å²) in [6, 6.07) is 1.84. The maximum Gasteiger partial charge on any atom is 0.323 e. The average molecular weight is 304 g/mol. The molecular weight excluding hydrogens is 288 g/mol. The van der Waals surface area contributed by atoms with Gasteiger partial charge in [-0.15, -0.1) is 0 Å². The van der Waals surface area contributed by atoms with E-state index in [-0.39, 0.29) is 11.4 Å². The molecule has 7 heteroatoms. The minimum absolute atomic E-state index is 0.0641. The number of aromatic nitrogens is 2. The SMILES string of the molecule is O=C(Nc1nc2cnccc2s1)N1CC[C@]2(CCOC2)C1. The van der Waals surface area contributed by atoms with Gasteiger partial charge in [-0.25, -0.2) is 9.78 Å². The summed E-state index contributed by atoms with van der Waals surface area (Å²) in [5.41, 5.74) is 1.01. The Morgan fingerprint density at radius 1 is 1.48 bits per heavy atom. The Labute approximate surface area is 126 Å². The third-order valence-electron chi connectivity index (χ3n) is 4.31.